The molecule has 0 fully saturated rings. The first kappa shape index (κ1) is 8.96. The van der Waals surface area contributed by atoms with Crippen molar-refractivity contribution >= 4 is 17.3 Å². The van der Waals surface area contributed by atoms with Gasteiger partial charge in [-0.05, 0) is 23.2 Å². The van der Waals surface area contributed by atoms with Gasteiger partial charge in [-0.2, -0.15) is 0 Å². The summed E-state index contributed by atoms with van der Waals surface area (Å²) in [6.45, 7) is 0. The van der Waals surface area contributed by atoms with Gasteiger partial charge in [0.2, 0.25) is 0 Å². The van der Waals surface area contributed by atoms with E-state index in [0.717, 1.165) is 5.56 Å². The topological polar surface area (TPSA) is 55.7 Å². The lowest BCUT2D eigenvalue weighted by molar-refractivity contribution is 0.0988. The van der Waals surface area contributed by atoms with Crippen molar-refractivity contribution in [3.8, 4) is 0 Å². The Labute approximate surface area is 84.8 Å². The maximum absolute atomic E-state index is 11.6. The minimum atomic E-state index is -0.0215. The van der Waals surface area contributed by atoms with Crippen molar-refractivity contribution in [3.05, 3.63) is 41.2 Å². The van der Waals surface area contributed by atoms with Crippen LogP contribution in [0.5, 0.6) is 0 Å². The predicted molar refractivity (Wildman–Crippen MR) is 52.2 cm³/mol. The van der Waals surface area contributed by atoms with Crippen molar-refractivity contribution in [1.82, 2.24) is 14.6 Å². The molecule has 2 aromatic heterocycles. The monoisotopic (exact) mass is 205 g/mol. The largest absolute Gasteiger partial charge is 0.292 e. The van der Waals surface area contributed by atoms with Crippen LogP contribution >= 0.6 is 11.5 Å². The van der Waals surface area contributed by atoms with Crippen molar-refractivity contribution in [2.75, 3.05) is 0 Å². The molecule has 0 unspecified atom stereocenters. The van der Waals surface area contributed by atoms with Crippen molar-refractivity contribution < 1.29 is 4.79 Å². The van der Waals surface area contributed by atoms with Gasteiger partial charge in [0, 0.05) is 24.2 Å². The van der Waals surface area contributed by atoms with Gasteiger partial charge < -0.3 is 0 Å². The highest BCUT2D eigenvalue weighted by atomic mass is 32.1. The van der Waals surface area contributed by atoms with E-state index in [1.54, 1.807) is 17.8 Å². The summed E-state index contributed by atoms with van der Waals surface area (Å²) in [4.78, 5) is 15.5. The average Bonchev–Trinajstić information content (AvgIpc) is 2.72. The number of hydrogen-bond acceptors (Lipinski definition) is 5. The second-order valence-corrected chi connectivity index (χ2v) is 3.36. The summed E-state index contributed by atoms with van der Waals surface area (Å²) in [5.74, 6) is -0.0215. The minimum absolute atomic E-state index is 0.0215. The van der Waals surface area contributed by atoms with Crippen LogP contribution in [-0.4, -0.2) is 20.4 Å². The second kappa shape index (κ2) is 4.06. The smallest absolute Gasteiger partial charge is 0.188 e. The Morgan fingerprint density at radius 2 is 2.43 bits per heavy atom. The molecule has 0 spiro atoms. The van der Waals surface area contributed by atoms with Gasteiger partial charge in [-0.1, -0.05) is 10.6 Å². The first-order chi connectivity index (χ1) is 6.86. The van der Waals surface area contributed by atoms with Gasteiger partial charge in [0.05, 0.1) is 0 Å². The van der Waals surface area contributed by atoms with Gasteiger partial charge in [0.15, 0.2) is 5.78 Å². The Morgan fingerprint density at radius 3 is 3.07 bits per heavy atom. The standard InChI is InChI=1S/C9H7N3OS/c13-9(8-6-14-12-11-8)4-7-2-1-3-10-5-7/h1-3,5-6H,4H2. The number of pyridine rings is 1. The maximum atomic E-state index is 11.6. The Morgan fingerprint density at radius 1 is 1.50 bits per heavy atom. The van der Waals surface area contributed by atoms with Gasteiger partial charge in [-0.3, -0.25) is 9.78 Å². The second-order valence-electron chi connectivity index (χ2n) is 2.75. The van der Waals surface area contributed by atoms with Crippen LogP contribution in [-0.2, 0) is 6.42 Å². The number of Topliss-reactive ketones (excluding diaryl/α,β-unsaturated/α-hetero) is 1. The highest BCUT2D eigenvalue weighted by Gasteiger charge is 2.09. The van der Waals surface area contributed by atoms with Gasteiger partial charge in [0.25, 0.3) is 0 Å². The number of carbonyl (C=O) groups is 1. The van der Waals surface area contributed by atoms with Gasteiger partial charge in [-0.25, -0.2) is 0 Å². The van der Waals surface area contributed by atoms with E-state index in [4.69, 9.17) is 0 Å². The molecule has 4 nitrogen and oxygen atoms in total. The van der Waals surface area contributed by atoms with Crippen LogP contribution in [0.1, 0.15) is 16.1 Å². The van der Waals surface area contributed by atoms with Crippen molar-refractivity contribution in [2.24, 2.45) is 0 Å². The Kier molecular flexibility index (Phi) is 2.60. The first-order valence-corrected chi connectivity index (χ1v) is 4.89. The summed E-state index contributed by atoms with van der Waals surface area (Å²) in [5, 5.41) is 5.36. The number of carbonyl (C=O) groups excluding carboxylic acids is 1. The van der Waals surface area contributed by atoms with Crippen LogP contribution in [0.25, 0.3) is 0 Å². The maximum Gasteiger partial charge on any atom is 0.188 e. The lowest BCUT2D eigenvalue weighted by atomic mass is 10.1. The minimum Gasteiger partial charge on any atom is -0.292 e. The zero-order valence-corrected chi connectivity index (χ0v) is 8.07. The fourth-order valence-electron chi connectivity index (χ4n) is 1.06. The van der Waals surface area contributed by atoms with Crippen molar-refractivity contribution in [3.63, 3.8) is 0 Å². The lowest BCUT2D eigenvalue weighted by Crippen LogP contribution is -2.04. The van der Waals surface area contributed by atoms with E-state index in [1.807, 2.05) is 12.1 Å². The molecule has 0 N–H and O–H groups in total. The molecule has 2 rings (SSSR count). The molecular formula is C9H7N3OS. The molecule has 2 heterocycles. The number of ketones is 1. The average molecular weight is 205 g/mol. The number of aromatic nitrogens is 3. The zero-order chi connectivity index (χ0) is 9.80. The van der Waals surface area contributed by atoms with Crippen LogP contribution in [0.15, 0.2) is 29.9 Å². The molecule has 5 heteroatoms. The molecule has 0 saturated heterocycles. The van der Waals surface area contributed by atoms with Crippen molar-refractivity contribution in [1.29, 1.82) is 0 Å². The quantitative estimate of drug-likeness (QED) is 0.710. The number of hydrogen-bond donors (Lipinski definition) is 0. The van der Waals surface area contributed by atoms with E-state index in [1.165, 1.54) is 11.5 Å². The third-order valence-electron chi connectivity index (χ3n) is 1.73. The Hall–Kier alpha value is -1.62. The highest BCUT2D eigenvalue weighted by Crippen LogP contribution is 2.04. The van der Waals surface area contributed by atoms with Crippen LogP contribution in [0.4, 0.5) is 0 Å². The Bertz CT molecular complexity index is 413. The molecular weight excluding hydrogens is 198 g/mol. The molecule has 14 heavy (non-hydrogen) atoms. The van der Waals surface area contributed by atoms with Crippen LogP contribution in [0, 0.1) is 0 Å². The van der Waals surface area contributed by atoms with E-state index in [2.05, 4.69) is 14.6 Å². The summed E-state index contributed by atoms with van der Waals surface area (Å²) in [5.41, 5.74) is 1.32. The van der Waals surface area contributed by atoms with Crippen LogP contribution < -0.4 is 0 Å². The van der Waals surface area contributed by atoms with Crippen LogP contribution in [0.3, 0.4) is 0 Å². The summed E-state index contributed by atoms with van der Waals surface area (Å²) < 4.78 is 3.64. The summed E-state index contributed by atoms with van der Waals surface area (Å²) in [6.07, 6.45) is 3.69. The van der Waals surface area contributed by atoms with E-state index in [0.29, 0.717) is 12.1 Å². The van der Waals surface area contributed by atoms with E-state index >= 15 is 0 Å². The first-order valence-electron chi connectivity index (χ1n) is 4.05. The predicted octanol–water partition coefficient (Wildman–Crippen LogP) is 1.36. The van der Waals surface area contributed by atoms with Crippen molar-refractivity contribution in [2.45, 2.75) is 6.42 Å². The third kappa shape index (κ3) is 2.00. The van der Waals surface area contributed by atoms with Gasteiger partial charge >= 0.3 is 0 Å². The fraction of sp³-hybridized carbons (Fsp3) is 0.111. The SMILES string of the molecule is O=C(Cc1cccnc1)c1csnn1. The van der Waals surface area contributed by atoms with E-state index in [-0.39, 0.29) is 5.78 Å². The van der Waals surface area contributed by atoms with Crippen LogP contribution in [0.2, 0.25) is 0 Å². The molecule has 0 bridgehead atoms. The molecule has 0 aliphatic carbocycles. The molecule has 2 aromatic rings. The zero-order valence-electron chi connectivity index (χ0n) is 7.25. The Balaban J connectivity index is 2.10. The van der Waals surface area contributed by atoms with E-state index < -0.39 is 0 Å². The molecule has 0 aromatic carbocycles. The summed E-state index contributed by atoms with van der Waals surface area (Å²) in [6, 6.07) is 3.67. The van der Waals surface area contributed by atoms with E-state index in [9.17, 15) is 4.79 Å². The fourth-order valence-corrected chi connectivity index (χ4v) is 1.53. The molecule has 0 radical (unpaired) electrons. The molecule has 0 amide bonds. The molecule has 0 atom stereocenters. The third-order valence-corrected chi connectivity index (χ3v) is 2.24. The van der Waals surface area contributed by atoms with Gasteiger partial charge in [-0.15, -0.1) is 5.10 Å². The number of rotatable bonds is 3. The molecule has 0 saturated carbocycles. The lowest BCUT2D eigenvalue weighted by Gasteiger charge is -1.95. The molecule has 0 aliphatic rings. The molecule has 0 aliphatic heterocycles. The molecule has 70 valence electrons. The number of nitrogens with zero attached hydrogens (tertiary/aromatic N) is 3. The highest BCUT2D eigenvalue weighted by molar-refractivity contribution is 7.03. The normalized spacial score (nSPS) is 10.0. The van der Waals surface area contributed by atoms with Gasteiger partial charge in [0.1, 0.15) is 5.69 Å². The summed E-state index contributed by atoms with van der Waals surface area (Å²) in [7, 11) is 0. The summed E-state index contributed by atoms with van der Waals surface area (Å²) >= 11 is 1.18.